The first-order valence-electron chi connectivity index (χ1n) is 13.8. The minimum Gasteiger partial charge on any atom is -0.0620 e. The first-order chi connectivity index (χ1) is 21.4. The smallest absolute Gasteiger partial charge is 0.0620 e. The fourth-order valence-electron chi connectivity index (χ4n) is 5.11. The van der Waals surface area contributed by atoms with Crippen molar-refractivity contribution in [2.75, 3.05) is 24.6 Å². The third kappa shape index (κ3) is 12.7. The number of hydrogen-bond donors (Lipinski definition) is 0. The van der Waals surface area contributed by atoms with Gasteiger partial charge in [0.15, 0.2) is 0 Å². The Labute approximate surface area is 280 Å². The van der Waals surface area contributed by atoms with Crippen molar-refractivity contribution in [2.45, 2.75) is 0 Å². The Kier molecular flexibility index (Phi) is 22.0. The maximum Gasteiger partial charge on any atom is 0.100 e. The third-order valence-corrected chi connectivity index (χ3v) is 16.5. The molecule has 44 heavy (non-hydrogen) atoms. The molecule has 0 atom stereocenters. The molecule has 5 aromatic rings. The van der Waals surface area contributed by atoms with Crippen LogP contribution in [0.15, 0.2) is 152 Å². The van der Waals surface area contributed by atoms with Gasteiger partial charge >= 0.3 is 33.9 Å². The van der Waals surface area contributed by atoms with Gasteiger partial charge in [-0.25, -0.2) is 0 Å². The van der Waals surface area contributed by atoms with Crippen molar-refractivity contribution < 1.29 is 35.0 Å². The van der Waals surface area contributed by atoms with Crippen LogP contribution >= 0.6 is 23.8 Å². The summed E-state index contributed by atoms with van der Waals surface area (Å²) in [7, 11) is -2.31. The Hall–Kier alpha value is -2.70. The van der Waals surface area contributed by atoms with Gasteiger partial charge in [0.2, 0.25) is 0 Å². The molecule has 0 aliphatic carbocycles. The third-order valence-electron chi connectivity index (χ3n) is 7.02. The van der Waals surface area contributed by atoms with E-state index < -0.39 is 23.8 Å². The van der Waals surface area contributed by atoms with E-state index in [0.717, 1.165) is 0 Å². The molecule has 3 nitrogen and oxygen atoms in total. The number of rotatable bonds is 11. The summed E-state index contributed by atoms with van der Waals surface area (Å²) in [4.78, 5) is 0. The summed E-state index contributed by atoms with van der Waals surface area (Å²) < 4.78 is 22.5. The molecule has 0 aliphatic rings. The van der Waals surface area contributed by atoms with Crippen LogP contribution in [0.4, 0.5) is 0 Å². The number of benzene rings is 5. The molecule has 0 aliphatic heterocycles. The molecule has 0 fully saturated rings. The maximum absolute atomic E-state index is 7.50. The summed E-state index contributed by atoms with van der Waals surface area (Å²) in [6.45, 7) is 13.5. The van der Waals surface area contributed by atoms with Crippen molar-refractivity contribution in [3.63, 3.8) is 0 Å². The SMILES string of the molecule is [C-]#[O+].[C-]#[O+].[C-]#[O+].[W].c1ccc([PH+](CC[PH+](c2ccccc2)c2ccccc2)CC[PH+](c2ccccc2)c2ccccc2)cc1. The van der Waals surface area contributed by atoms with Gasteiger partial charge in [-0.3, -0.25) is 0 Å². The van der Waals surface area contributed by atoms with E-state index in [0.29, 0.717) is 0 Å². The normalized spacial score (nSPS) is 9.66. The zero-order valence-electron chi connectivity index (χ0n) is 24.4. The first kappa shape index (κ1) is 39.3. The summed E-state index contributed by atoms with van der Waals surface area (Å²) in [5.74, 6) is 0. The first-order valence-corrected chi connectivity index (χ1v) is 19.2. The molecule has 220 valence electrons. The number of hydrogen-bond acceptors (Lipinski definition) is 0. The van der Waals surface area contributed by atoms with Crippen LogP contribution in [0.25, 0.3) is 0 Å². The Morgan fingerprint density at radius 1 is 0.318 bits per heavy atom. The second-order valence-electron chi connectivity index (χ2n) is 9.39. The predicted octanol–water partition coefficient (Wildman–Crippen LogP) is 6.14. The van der Waals surface area contributed by atoms with E-state index in [2.05, 4.69) is 172 Å². The van der Waals surface area contributed by atoms with Crippen LogP contribution in [0, 0.1) is 20.0 Å². The van der Waals surface area contributed by atoms with E-state index in [1.54, 1.807) is 5.30 Å². The van der Waals surface area contributed by atoms with E-state index in [-0.39, 0.29) is 21.1 Å². The standard InChI is InChI=1S/C34H33P3.3CO.W/c1-6-16-30(17-7-1)35(26-28-36(31-18-8-2-9-19-31)32-20-10-3-11-21-32)27-29-37(33-22-12-4-13-23-33)34-24-14-5-15-25-34;3*1-2;/h1-25H,26-29H2;;;;/p+3. The average Bonchev–Trinajstić information content (AvgIpc) is 3.12. The predicted molar refractivity (Wildman–Crippen MR) is 187 cm³/mol. The van der Waals surface area contributed by atoms with Crippen LogP contribution in [0.5, 0.6) is 0 Å². The fraction of sp³-hybridized carbons (Fsp3) is 0.108. The summed E-state index contributed by atoms with van der Waals surface area (Å²) in [6, 6.07) is 56.5. The molecular formula is C37H36O3P3W+3. The summed E-state index contributed by atoms with van der Waals surface area (Å²) >= 11 is 0. The van der Waals surface area contributed by atoms with Crippen molar-refractivity contribution in [2.24, 2.45) is 0 Å². The monoisotopic (exact) mass is 805 g/mol. The van der Waals surface area contributed by atoms with Crippen molar-refractivity contribution in [1.82, 2.24) is 0 Å². The van der Waals surface area contributed by atoms with Gasteiger partial charge in [-0.05, 0) is 60.7 Å². The Balaban J connectivity index is 0.00000130. The van der Waals surface area contributed by atoms with Crippen LogP contribution < -0.4 is 26.5 Å². The van der Waals surface area contributed by atoms with Crippen molar-refractivity contribution in [3.8, 4) is 0 Å². The van der Waals surface area contributed by atoms with Gasteiger partial charge in [0.25, 0.3) is 0 Å². The quantitative estimate of drug-likeness (QED) is 0.0876. The van der Waals surface area contributed by atoms with E-state index in [9.17, 15) is 0 Å². The molecule has 0 amide bonds. The molecule has 0 bridgehead atoms. The van der Waals surface area contributed by atoms with Gasteiger partial charge in [0, 0.05) is 29.0 Å². The van der Waals surface area contributed by atoms with E-state index in [1.165, 1.54) is 45.9 Å². The van der Waals surface area contributed by atoms with Gasteiger partial charge < -0.3 is 0 Å². The summed E-state index contributed by atoms with van der Waals surface area (Å²) in [5.41, 5.74) is 0. The Morgan fingerprint density at radius 2 is 0.523 bits per heavy atom. The second-order valence-corrected chi connectivity index (χ2v) is 17.4. The van der Waals surface area contributed by atoms with Gasteiger partial charge in [0.05, 0.1) is 54.7 Å². The van der Waals surface area contributed by atoms with Crippen LogP contribution in [0.1, 0.15) is 0 Å². The molecular weight excluding hydrogens is 769 g/mol. The molecule has 0 heterocycles. The van der Waals surface area contributed by atoms with Crippen LogP contribution in [0.3, 0.4) is 0 Å². The molecule has 0 spiro atoms. The van der Waals surface area contributed by atoms with E-state index >= 15 is 0 Å². The van der Waals surface area contributed by atoms with Gasteiger partial charge in [0.1, 0.15) is 12.3 Å². The molecule has 0 radical (unpaired) electrons. The summed E-state index contributed by atoms with van der Waals surface area (Å²) in [6.07, 6.45) is 5.23. The molecule has 0 aromatic heterocycles. The van der Waals surface area contributed by atoms with Crippen LogP contribution in [-0.4, -0.2) is 24.6 Å². The van der Waals surface area contributed by atoms with Crippen LogP contribution in [-0.2, 0) is 35.0 Å². The minimum atomic E-state index is -0.809. The van der Waals surface area contributed by atoms with Gasteiger partial charge in [-0.15, -0.1) is 0 Å². The molecule has 0 saturated carbocycles. The topological polar surface area (TPSA) is 59.7 Å². The molecule has 0 saturated heterocycles. The molecule has 7 heteroatoms. The van der Waals surface area contributed by atoms with Gasteiger partial charge in [-0.2, -0.15) is 0 Å². The maximum atomic E-state index is 7.50. The van der Waals surface area contributed by atoms with Crippen LogP contribution in [0.2, 0.25) is 0 Å². The fourth-order valence-corrected chi connectivity index (χ4v) is 15.2. The van der Waals surface area contributed by atoms with E-state index in [4.69, 9.17) is 14.0 Å². The molecule has 5 rings (SSSR count). The Morgan fingerprint density at radius 3 is 0.750 bits per heavy atom. The second kappa shape index (κ2) is 24.6. The largest absolute Gasteiger partial charge is 0.100 e. The van der Waals surface area contributed by atoms with Crippen molar-refractivity contribution in [3.05, 3.63) is 172 Å². The van der Waals surface area contributed by atoms with E-state index in [1.807, 2.05) is 0 Å². The zero-order chi connectivity index (χ0) is 31.1. The summed E-state index contributed by atoms with van der Waals surface area (Å²) in [5, 5.41) is 7.73. The Bertz CT molecular complexity index is 1290. The molecule has 5 aromatic carbocycles. The van der Waals surface area contributed by atoms with Crippen molar-refractivity contribution >= 4 is 50.3 Å². The zero-order valence-corrected chi connectivity index (χ0v) is 30.3. The van der Waals surface area contributed by atoms with Gasteiger partial charge in [-0.1, -0.05) is 91.0 Å². The average molecular weight is 805 g/mol. The minimum absolute atomic E-state index is 0. The van der Waals surface area contributed by atoms with Crippen molar-refractivity contribution in [1.29, 1.82) is 0 Å². The molecule has 0 N–H and O–H groups in total. The molecule has 0 unspecified atom stereocenters.